The number of anilines is 3. The summed E-state index contributed by atoms with van der Waals surface area (Å²) in [6.07, 6.45) is 0. The lowest BCUT2D eigenvalue weighted by Gasteiger charge is -2.25. The van der Waals surface area contributed by atoms with Gasteiger partial charge in [0.25, 0.3) is 0 Å². The van der Waals surface area contributed by atoms with Gasteiger partial charge in [-0.15, -0.1) is 0 Å². The van der Waals surface area contributed by atoms with Gasteiger partial charge in [0.15, 0.2) is 16.6 Å². The molecule has 1 aliphatic rings. The number of rotatable bonds is 6. The van der Waals surface area contributed by atoms with Crippen LogP contribution >= 0.6 is 0 Å². The van der Waals surface area contributed by atoms with Crippen molar-refractivity contribution in [3.8, 4) is 44.5 Å². The number of benzene rings is 7. The third kappa shape index (κ3) is 4.61. The minimum Gasteiger partial charge on any atom is -0.303 e. The van der Waals surface area contributed by atoms with E-state index in [9.17, 15) is 0 Å². The summed E-state index contributed by atoms with van der Waals surface area (Å²) in [5, 5.41) is 26.1. The highest BCUT2D eigenvalue weighted by molar-refractivity contribution is 6.09. The summed E-state index contributed by atoms with van der Waals surface area (Å²) in [6.45, 7) is 4.63. The van der Waals surface area contributed by atoms with Gasteiger partial charge in [0.05, 0.1) is 17.1 Å². The molecule has 0 amide bonds. The zero-order valence-electron chi connectivity index (χ0n) is 29.6. The molecule has 0 fully saturated rings. The van der Waals surface area contributed by atoms with E-state index in [0.717, 1.165) is 27.8 Å². The van der Waals surface area contributed by atoms with Crippen molar-refractivity contribution in [1.29, 1.82) is 0 Å². The Morgan fingerprint density at radius 3 is 1.60 bits per heavy atom. The molecule has 262 valence electrons. The van der Waals surface area contributed by atoms with Gasteiger partial charge in [-0.25, -0.2) is 13.9 Å². The van der Waals surface area contributed by atoms with E-state index in [4.69, 9.17) is 13.9 Å². The summed E-state index contributed by atoms with van der Waals surface area (Å²) in [6, 6.07) is 47.8. The average molecular weight is 716 g/mol. The SMILES string of the molecule is CC1(C)c2ccccc2-c2cccc(-c3ccc(-c4ccc(N(c5cccc6nonc56)c5ccc(-c6ccccc6)c6nonc56)c5nonc45)cc3)c21. The predicted octanol–water partition coefficient (Wildman–Crippen LogP) is 11.1. The summed E-state index contributed by atoms with van der Waals surface area (Å²) >= 11 is 0. The van der Waals surface area contributed by atoms with Gasteiger partial charge in [-0.3, -0.25) is 0 Å². The van der Waals surface area contributed by atoms with E-state index in [1.807, 2.05) is 77.7 Å². The van der Waals surface area contributed by atoms with Crippen LogP contribution in [0.25, 0.3) is 77.6 Å². The molecule has 0 N–H and O–H groups in total. The first-order valence-electron chi connectivity index (χ1n) is 18.0. The van der Waals surface area contributed by atoms with Crippen molar-refractivity contribution in [2.24, 2.45) is 0 Å². The fourth-order valence-electron chi connectivity index (χ4n) is 8.43. The summed E-state index contributed by atoms with van der Waals surface area (Å²) < 4.78 is 16.1. The van der Waals surface area contributed by atoms with Gasteiger partial charge in [-0.1, -0.05) is 117 Å². The van der Waals surface area contributed by atoms with Crippen molar-refractivity contribution in [3.05, 3.63) is 151 Å². The Labute approximate surface area is 313 Å². The lowest BCUT2D eigenvalue weighted by molar-refractivity contribution is 0.315. The van der Waals surface area contributed by atoms with Crippen molar-refractivity contribution in [1.82, 2.24) is 30.9 Å². The van der Waals surface area contributed by atoms with Crippen LogP contribution in [0.2, 0.25) is 0 Å². The Morgan fingerprint density at radius 2 is 0.891 bits per heavy atom. The molecule has 10 nitrogen and oxygen atoms in total. The molecule has 10 heteroatoms. The first kappa shape index (κ1) is 31.1. The molecule has 11 rings (SSSR count). The molecule has 0 spiro atoms. The fraction of sp³-hybridized carbons (Fsp3) is 0.0667. The van der Waals surface area contributed by atoms with E-state index in [1.54, 1.807) is 0 Å². The fourth-order valence-corrected chi connectivity index (χ4v) is 8.43. The van der Waals surface area contributed by atoms with Crippen molar-refractivity contribution < 1.29 is 13.9 Å². The number of fused-ring (bicyclic) bond motifs is 6. The normalized spacial score (nSPS) is 13.1. The van der Waals surface area contributed by atoms with Crippen molar-refractivity contribution >= 4 is 50.2 Å². The summed E-state index contributed by atoms with van der Waals surface area (Å²) in [5.74, 6) is 0. The van der Waals surface area contributed by atoms with Gasteiger partial charge >= 0.3 is 0 Å². The van der Waals surface area contributed by atoms with Crippen LogP contribution in [-0.4, -0.2) is 30.9 Å². The molecule has 0 bridgehead atoms. The molecule has 0 radical (unpaired) electrons. The number of hydrogen-bond acceptors (Lipinski definition) is 10. The second-order valence-electron chi connectivity index (χ2n) is 14.3. The maximum absolute atomic E-state index is 5.49. The van der Waals surface area contributed by atoms with Crippen molar-refractivity contribution in [2.45, 2.75) is 19.3 Å². The summed E-state index contributed by atoms with van der Waals surface area (Å²) in [7, 11) is 0. The first-order chi connectivity index (χ1) is 27.1. The van der Waals surface area contributed by atoms with Gasteiger partial charge in [0.2, 0.25) is 0 Å². The minimum absolute atomic E-state index is 0.122. The largest absolute Gasteiger partial charge is 0.303 e. The molecule has 3 aromatic heterocycles. The Balaban J connectivity index is 1.04. The van der Waals surface area contributed by atoms with Crippen LogP contribution in [0.3, 0.4) is 0 Å². The molecule has 1 aliphatic carbocycles. The molecular formula is C45H29N7O3. The zero-order chi connectivity index (χ0) is 36.7. The Morgan fingerprint density at radius 1 is 0.382 bits per heavy atom. The summed E-state index contributed by atoms with van der Waals surface area (Å²) in [5.41, 5.74) is 16.9. The van der Waals surface area contributed by atoms with E-state index < -0.39 is 0 Å². The third-order valence-electron chi connectivity index (χ3n) is 10.9. The second kappa shape index (κ2) is 11.8. The molecule has 0 saturated carbocycles. The van der Waals surface area contributed by atoms with E-state index >= 15 is 0 Å². The first-order valence-corrected chi connectivity index (χ1v) is 18.0. The minimum atomic E-state index is -0.122. The number of hydrogen-bond donors (Lipinski definition) is 0. The molecule has 0 atom stereocenters. The van der Waals surface area contributed by atoms with Gasteiger partial charge in [0, 0.05) is 16.5 Å². The van der Waals surface area contributed by atoms with Crippen LogP contribution in [-0.2, 0) is 5.41 Å². The van der Waals surface area contributed by atoms with Crippen molar-refractivity contribution in [2.75, 3.05) is 4.90 Å². The average Bonchev–Trinajstić information content (AvgIpc) is 4.06. The van der Waals surface area contributed by atoms with E-state index in [2.05, 4.69) is 112 Å². The van der Waals surface area contributed by atoms with Gasteiger partial charge in [-0.2, -0.15) is 0 Å². The monoisotopic (exact) mass is 715 g/mol. The van der Waals surface area contributed by atoms with Crippen LogP contribution in [0.5, 0.6) is 0 Å². The quantitative estimate of drug-likeness (QED) is 0.164. The topological polar surface area (TPSA) is 120 Å². The Hall–Kier alpha value is -7.46. The molecule has 0 unspecified atom stereocenters. The maximum Gasteiger partial charge on any atom is 0.159 e. The Kier molecular flexibility index (Phi) is 6.66. The van der Waals surface area contributed by atoms with E-state index in [-0.39, 0.29) is 5.41 Å². The van der Waals surface area contributed by atoms with Crippen LogP contribution in [0.1, 0.15) is 25.0 Å². The molecule has 55 heavy (non-hydrogen) atoms. The van der Waals surface area contributed by atoms with Crippen molar-refractivity contribution in [3.63, 3.8) is 0 Å². The second-order valence-corrected chi connectivity index (χ2v) is 14.3. The van der Waals surface area contributed by atoms with Crippen LogP contribution < -0.4 is 4.90 Å². The Bertz CT molecular complexity index is 3090. The highest BCUT2D eigenvalue weighted by Gasteiger charge is 2.37. The predicted molar refractivity (Wildman–Crippen MR) is 211 cm³/mol. The standard InChI is InChI=1S/C45H29N7O3/c1-45(2)34-15-7-6-12-32(34)33-14-8-13-29(39(33)45)27-18-20-28(21-19-27)31-23-25-38(44-41(31)48-55-51-44)52(36-17-9-16-35-42(36)49-53-46-35)37-24-22-30(26-10-4-3-5-11-26)40-43(37)50-54-47-40/h3-25H,1-2H3. The van der Waals surface area contributed by atoms with Gasteiger partial charge in [0.1, 0.15) is 16.6 Å². The van der Waals surface area contributed by atoms with Crippen LogP contribution in [0.15, 0.2) is 153 Å². The lowest BCUT2D eigenvalue weighted by Crippen LogP contribution is -2.16. The molecule has 0 saturated heterocycles. The van der Waals surface area contributed by atoms with Crippen LogP contribution in [0.4, 0.5) is 17.1 Å². The number of nitrogens with zero attached hydrogens (tertiary/aromatic N) is 7. The zero-order valence-corrected chi connectivity index (χ0v) is 29.6. The molecule has 7 aromatic carbocycles. The highest BCUT2D eigenvalue weighted by Crippen LogP contribution is 2.52. The van der Waals surface area contributed by atoms with Gasteiger partial charge < -0.3 is 4.90 Å². The molecule has 0 aliphatic heterocycles. The number of aromatic nitrogens is 6. The van der Waals surface area contributed by atoms with Gasteiger partial charge in [-0.05, 0) is 112 Å². The lowest BCUT2D eigenvalue weighted by atomic mass is 9.79. The third-order valence-corrected chi connectivity index (χ3v) is 10.9. The molecular weight excluding hydrogens is 687 g/mol. The van der Waals surface area contributed by atoms with Crippen LogP contribution in [0, 0.1) is 0 Å². The molecule has 3 heterocycles. The molecule has 10 aromatic rings. The van der Waals surface area contributed by atoms with E-state index in [1.165, 1.54) is 27.8 Å². The van der Waals surface area contributed by atoms with E-state index in [0.29, 0.717) is 50.2 Å². The highest BCUT2D eigenvalue weighted by atomic mass is 16.6. The summed E-state index contributed by atoms with van der Waals surface area (Å²) in [4.78, 5) is 2.00. The smallest absolute Gasteiger partial charge is 0.159 e. The maximum atomic E-state index is 5.49.